The van der Waals surface area contributed by atoms with Gasteiger partial charge in [-0.05, 0) is 97.7 Å². The number of rotatable bonds is 10. The normalized spacial score (nSPS) is 24.7. The third-order valence-corrected chi connectivity index (χ3v) is 11.0. The van der Waals surface area contributed by atoms with Crippen LogP contribution < -0.4 is 14.4 Å². The zero-order chi connectivity index (χ0) is 30.1. The van der Waals surface area contributed by atoms with E-state index in [1.165, 1.54) is 11.1 Å². The molecule has 5 rings (SSSR count). The highest BCUT2D eigenvalue weighted by atomic mass is 35.5. The molecule has 2 N–H and O–H groups in total. The quantitative estimate of drug-likeness (QED) is 0.336. The Labute approximate surface area is 254 Å². The number of nitrogens with one attached hydrogen (secondary N) is 1. The van der Waals surface area contributed by atoms with Gasteiger partial charge >= 0.3 is 0 Å². The first-order valence-electron chi connectivity index (χ1n) is 14.8. The summed E-state index contributed by atoms with van der Waals surface area (Å²) in [5.74, 6) is -0.0713. The molecule has 0 radical (unpaired) electrons. The second kappa shape index (κ2) is 12.4. The number of allylic oxidation sites excluding steroid dienone is 1. The Hall–Kier alpha value is -2.81. The lowest BCUT2D eigenvalue weighted by Crippen LogP contribution is -2.49. The lowest BCUT2D eigenvalue weighted by atomic mass is 9.68. The smallest absolute Gasteiger partial charge is 0.264 e. The third kappa shape index (κ3) is 6.41. The highest BCUT2D eigenvalue weighted by Crippen LogP contribution is 2.46. The summed E-state index contributed by atoms with van der Waals surface area (Å²) in [6.07, 6.45) is 8.34. The summed E-state index contributed by atoms with van der Waals surface area (Å²) in [4.78, 5) is 15.5. The molecule has 1 heterocycles. The molecule has 5 atom stereocenters. The number of benzene rings is 2. The Bertz CT molecular complexity index is 1460. The number of carbonyl (C=O) groups excluding carboxylic acids is 1. The lowest BCUT2D eigenvalue weighted by Gasteiger charge is -2.45. The van der Waals surface area contributed by atoms with Crippen LogP contribution in [0.4, 0.5) is 5.69 Å². The molecule has 2 aliphatic carbocycles. The van der Waals surface area contributed by atoms with Gasteiger partial charge in [0.2, 0.25) is 10.0 Å². The second-order valence-corrected chi connectivity index (χ2v) is 14.5. The predicted molar refractivity (Wildman–Crippen MR) is 168 cm³/mol. The van der Waals surface area contributed by atoms with Crippen LogP contribution in [-0.2, 0) is 21.9 Å². The van der Waals surface area contributed by atoms with Gasteiger partial charge in [-0.3, -0.25) is 4.79 Å². The van der Waals surface area contributed by atoms with Gasteiger partial charge in [-0.1, -0.05) is 36.7 Å². The molecule has 7 nitrogen and oxygen atoms in total. The number of aliphatic hydroxyl groups excluding tert-OH is 1. The molecular weight excluding hydrogens is 572 g/mol. The summed E-state index contributed by atoms with van der Waals surface area (Å²) in [6.45, 7) is 11.0. The van der Waals surface area contributed by atoms with Gasteiger partial charge in [0.15, 0.2) is 0 Å². The number of sulfonamides is 1. The van der Waals surface area contributed by atoms with Crippen molar-refractivity contribution in [3.63, 3.8) is 0 Å². The number of fused-ring (bicyclic) bond motifs is 3. The molecule has 226 valence electrons. The molecule has 0 aromatic heterocycles. The fraction of sp³-hybridized carbons (Fsp3) is 0.485. The van der Waals surface area contributed by atoms with E-state index < -0.39 is 22.0 Å². The van der Waals surface area contributed by atoms with Crippen molar-refractivity contribution in [3.8, 4) is 5.75 Å². The summed E-state index contributed by atoms with van der Waals surface area (Å²) < 4.78 is 34.0. The van der Waals surface area contributed by atoms with Crippen molar-refractivity contribution in [1.29, 1.82) is 0 Å². The van der Waals surface area contributed by atoms with Gasteiger partial charge in [0.05, 0.1) is 24.2 Å². The topological polar surface area (TPSA) is 95.9 Å². The molecular formula is C33H41ClN2O5S. The third-order valence-electron chi connectivity index (χ3n) is 9.27. The molecule has 1 fully saturated rings. The maximum Gasteiger partial charge on any atom is 0.264 e. The highest BCUT2D eigenvalue weighted by molar-refractivity contribution is 7.90. The van der Waals surface area contributed by atoms with E-state index in [4.69, 9.17) is 16.3 Å². The summed E-state index contributed by atoms with van der Waals surface area (Å²) in [5.41, 5.74) is 3.23. The predicted octanol–water partition coefficient (Wildman–Crippen LogP) is 5.66. The van der Waals surface area contributed by atoms with Gasteiger partial charge in [0, 0.05) is 29.1 Å². The summed E-state index contributed by atoms with van der Waals surface area (Å²) in [6, 6.07) is 11.3. The molecule has 9 heteroatoms. The zero-order valence-corrected chi connectivity index (χ0v) is 25.8. The first-order valence-corrected chi connectivity index (χ1v) is 16.8. The average molecular weight is 613 g/mol. The summed E-state index contributed by atoms with van der Waals surface area (Å²) >= 11 is 6.38. The molecule has 1 aliphatic heterocycles. The maximum absolute atomic E-state index is 13.2. The Morgan fingerprint density at radius 2 is 2.07 bits per heavy atom. The average Bonchev–Trinajstić information content (AvgIpc) is 3.07. The van der Waals surface area contributed by atoms with Crippen LogP contribution in [-0.4, -0.2) is 51.0 Å². The number of halogens is 1. The molecule has 3 aliphatic rings. The second-order valence-electron chi connectivity index (χ2n) is 12.3. The van der Waals surface area contributed by atoms with Gasteiger partial charge in [0.25, 0.3) is 5.91 Å². The van der Waals surface area contributed by atoms with E-state index in [-0.39, 0.29) is 34.5 Å². The van der Waals surface area contributed by atoms with Crippen LogP contribution in [0.15, 0.2) is 61.7 Å². The number of hydrogen-bond acceptors (Lipinski definition) is 6. The van der Waals surface area contributed by atoms with Crippen molar-refractivity contribution in [3.05, 3.63) is 83.4 Å². The van der Waals surface area contributed by atoms with E-state index in [0.29, 0.717) is 31.9 Å². The van der Waals surface area contributed by atoms with Crippen LogP contribution >= 0.6 is 11.6 Å². The van der Waals surface area contributed by atoms with Crippen molar-refractivity contribution in [1.82, 2.24) is 4.72 Å². The fourth-order valence-electron chi connectivity index (χ4n) is 6.87. The van der Waals surface area contributed by atoms with Gasteiger partial charge in [-0.2, -0.15) is 0 Å². The van der Waals surface area contributed by atoms with Gasteiger partial charge in [0.1, 0.15) is 5.75 Å². The van der Waals surface area contributed by atoms with Gasteiger partial charge in [-0.15, -0.1) is 13.2 Å². The van der Waals surface area contributed by atoms with Crippen LogP contribution in [0.1, 0.15) is 60.5 Å². The van der Waals surface area contributed by atoms with E-state index in [9.17, 15) is 18.3 Å². The molecule has 1 spiro atoms. The number of anilines is 1. The van der Waals surface area contributed by atoms with Crippen LogP contribution in [0.2, 0.25) is 5.02 Å². The number of aliphatic hydroxyl groups is 1. The zero-order valence-electron chi connectivity index (χ0n) is 24.2. The van der Waals surface area contributed by atoms with E-state index in [2.05, 4.69) is 34.9 Å². The van der Waals surface area contributed by atoms with Crippen LogP contribution in [0.25, 0.3) is 0 Å². The monoisotopic (exact) mass is 612 g/mol. The number of carbonyl (C=O) groups is 1. The molecule has 1 saturated carbocycles. The minimum absolute atomic E-state index is 0.174. The first kappa shape index (κ1) is 30.6. The lowest BCUT2D eigenvalue weighted by molar-refractivity contribution is 0.0178. The van der Waals surface area contributed by atoms with Crippen molar-refractivity contribution in [2.45, 2.75) is 57.0 Å². The molecule has 2 aromatic rings. The van der Waals surface area contributed by atoms with Crippen molar-refractivity contribution in [2.75, 3.05) is 30.3 Å². The SMILES string of the molecule is C=CC[C@H](O)[C@@H]1CC[C@H]1CN1C[C@@]2(CCCc3cc(Cl)ccc32)COc2ccc(C(=O)NS(=O)(=O)C[C@@H](C)C=C)cc21. The van der Waals surface area contributed by atoms with Gasteiger partial charge < -0.3 is 14.7 Å². The fourth-order valence-corrected chi connectivity index (χ4v) is 8.37. The Morgan fingerprint density at radius 1 is 1.26 bits per heavy atom. The van der Waals surface area contributed by atoms with E-state index >= 15 is 0 Å². The van der Waals surface area contributed by atoms with Crippen LogP contribution in [0, 0.1) is 17.8 Å². The molecule has 1 amide bonds. The molecule has 0 saturated heterocycles. The number of amides is 1. The summed E-state index contributed by atoms with van der Waals surface area (Å²) in [7, 11) is -3.84. The first-order chi connectivity index (χ1) is 20.0. The number of hydrogen-bond donors (Lipinski definition) is 2. The van der Waals surface area contributed by atoms with Gasteiger partial charge in [-0.25, -0.2) is 13.1 Å². The van der Waals surface area contributed by atoms with E-state index in [0.717, 1.165) is 42.8 Å². The van der Waals surface area contributed by atoms with E-state index in [1.54, 1.807) is 37.3 Å². The summed E-state index contributed by atoms with van der Waals surface area (Å²) in [5, 5.41) is 11.5. The Kier molecular flexibility index (Phi) is 9.07. The Balaban J connectivity index is 1.49. The maximum atomic E-state index is 13.2. The van der Waals surface area contributed by atoms with Crippen molar-refractivity contribution < 1.29 is 23.1 Å². The van der Waals surface area contributed by atoms with Crippen LogP contribution in [0.3, 0.4) is 0 Å². The Morgan fingerprint density at radius 3 is 2.79 bits per heavy atom. The highest BCUT2D eigenvalue weighted by Gasteiger charge is 2.44. The van der Waals surface area contributed by atoms with E-state index in [1.807, 2.05) is 6.07 Å². The standard InChI is InChI=1S/C33H41ClN2O5S/c1-4-7-30(37)27-12-9-25(27)18-36-20-33(15-6-8-23-16-26(34)11-13-28(23)33)21-41-31-14-10-24(17-29(31)36)32(38)35-42(39,40)19-22(3)5-2/h4-5,10-11,13-14,16-17,22,25,27,30,37H,1-2,6-9,12,15,18-21H2,3H3,(H,35,38)/t22-,25-,27+,30-,33-/m0/s1. The van der Waals surface area contributed by atoms with Crippen molar-refractivity contribution >= 4 is 33.2 Å². The van der Waals surface area contributed by atoms with Crippen LogP contribution in [0.5, 0.6) is 5.75 Å². The largest absolute Gasteiger partial charge is 0.490 e. The number of aryl methyl sites for hydroxylation is 1. The number of nitrogens with zero attached hydrogens (tertiary/aromatic N) is 1. The molecule has 42 heavy (non-hydrogen) atoms. The minimum atomic E-state index is -3.84. The molecule has 0 bridgehead atoms. The molecule has 0 unspecified atom stereocenters. The van der Waals surface area contributed by atoms with Crippen molar-refractivity contribution in [2.24, 2.45) is 17.8 Å². The molecule has 2 aromatic carbocycles. The minimum Gasteiger partial charge on any atom is -0.490 e. The number of ether oxygens (including phenoxy) is 1.